The van der Waals surface area contributed by atoms with E-state index in [-0.39, 0.29) is 0 Å². The Balaban J connectivity index is 1.07. The van der Waals surface area contributed by atoms with Crippen LogP contribution in [0.4, 0.5) is 0 Å². The zero-order valence-corrected chi connectivity index (χ0v) is 30.1. The molecule has 2 nitrogen and oxygen atoms in total. The van der Waals surface area contributed by atoms with Crippen LogP contribution in [0.1, 0.15) is 18.4 Å². The number of aromatic nitrogens is 2. The highest BCUT2D eigenvalue weighted by molar-refractivity contribution is 6.28. The summed E-state index contributed by atoms with van der Waals surface area (Å²) in [5.74, 6) is 0. The first-order chi connectivity index (χ1) is 27.3. The van der Waals surface area contributed by atoms with Gasteiger partial charge in [-0.15, -0.1) is 0 Å². The van der Waals surface area contributed by atoms with Crippen LogP contribution in [-0.2, 0) is 0 Å². The SMILES string of the molecule is C1=C(c2ccc3c4c(cccc24)-c2c-3c(-c3ccccc3)c3ccccc3c2-c2ccccc2)CCC(n2c3ccccc3c3cc4ccncc4cc32)=C1. The van der Waals surface area contributed by atoms with Crippen LogP contribution in [0.25, 0.3) is 110 Å². The number of allylic oxidation sites excluding steroid dienone is 4. The maximum atomic E-state index is 4.44. The minimum Gasteiger partial charge on any atom is -0.313 e. The molecular formula is C53H34N2. The van der Waals surface area contributed by atoms with Crippen molar-refractivity contribution < 1.29 is 0 Å². The lowest BCUT2D eigenvalue weighted by atomic mass is 9.82. The molecule has 2 aliphatic rings. The molecule has 0 aliphatic heterocycles. The van der Waals surface area contributed by atoms with Crippen molar-refractivity contribution in [2.45, 2.75) is 12.8 Å². The van der Waals surface area contributed by atoms with Gasteiger partial charge < -0.3 is 4.57 Å². The quantitative estimate of drug-likeness (QED) is 0.179. The van der Waals surface area contributed by atoms with E-state index in [1.807, 2.05) is 12.4 Å². The van der Waals surface area contributed by atoms with E-state index in [1.165, 1.54) is 115 Å². The van der Waals surface area contributed by atoms with Crippen LogP contribution in [0, 0.1) is 0 Å². The molecule has 0 radical (unpaired) electrons. The Morgan fingerprint density at radius 1 is 0.418 bits per heavy atom. The lowest BCUT2D eigenvalue weighted by molar-refractivity contribution is 0.993. The van der Waals surface area contributed by atoms with Crippen LogP contribution in [0.3, 0.4) is 0 Å². The van der Waals surface area contributed by atoms with Crippen LogP contribution >= 0.6 is 0 Å². The molecule has 2 heterocycles. The van der Waals surface area contributed by atoms with E-state index in [2.05, 4.69) is 179 Å². The lowest BCUT2D eigenvalue weighted by Crippen LogP contribution is -2.01. The van der Waals surface area contributed by atoms with E-state index >= 15 is 0 Å². The maximum Gasteiger partial charge on any atom is 0.0544 e. The normalized spacial score (nSPS) is 13.5. The third-order valence-corrected chi connectivity index (χ3v) is 12.1. The number of benzene rings is 8. The zero-order chi connectivity index (χ0) is 36.0. The number of hydrogen-bond acceptors (Lipinski definition) is 1. The van der Waals surface area contributed by atoms with E-state index in [0.717, 1.165) is 12.8 Å². The summed E-state index contributed by atoms with van der Waals surface area (Å²) >= 11 is 0. The highest BCUT2D eigenvalue weighted by atomic mass is 15.0. The van der Waals surface area contributed by atoms with Crippen LogP contribution in [0.2, 0.25) is 0 Å². The van der Waals surface area contributed by atoms with Gasteiger partial charge in [-0.3, -0.25) is 4.98 Å². The Morgan fingerprint density at radius 3 is 1.76 bits per heavy atom. The van der Waals surface area contributed by atoms with Gasteiger partial charge in [0, 0.05) is 34.2 Å². The molecule has 0 unspecified atom stereocenters. The van der Waals surface area contributed by atoms with E-state index in [4.69, 9.17) is 0 Å². The fourth-order valence-electron chi connectivity index (χ4n) is 9.79. The molecule has 55 heavy (non-hydrogen) atoms. The van der Waals surface area contributed by atoms with E-state index < -0.39 is 0 Å². The van der Waals surface area contributed by atoms with Crippen molar-refractivity contribution in [1.82, 2.24) is 9.55 Å². The number of pyridine rings is 1. The predicted octanol–water partition coefficient (Wildman–Crippen LogP) is 14.3. The van der Waals surface area contributed by atoms with Gasteiger partial charge in [-0.25, -0.2) is 0 Å². The Morgan fingerprint density at radius 2 is 1.05 bits per heavy atom. The summed E-state index contributed by atoms with van der Waals surface area (Å²) in [5, 5.41) is 10.2. The largest absolute Gasteiger partial charge is 0.313 e. The standard InChI is InChI=1S/C53H34N2/c1-3-12-34(13-4-1)49-42-17-7-8-18-43(42)50(35-14-5-2-6-15-35)53-45-27-26-39(41-19-11-20-44(51(41)45)52(49)53)33-22-24-38(25-23-33)55-47-21-10-9-16-40(47)46-30-36-28-29-54-32-37(36)31-48(46)55/h1-22,24,26-32H,23,25H2. The number of hydrogen-bond donors (Lipinski definition) is 0. The summed E-state index contributed by atoms with van der Waals surface area (Å²) in [6.45, 7) is 0. The number of rotatable bonds is 4. The lowest BCUT2D eigenvalue weighted by Gasteiger charge is -2.20. The number of fused-ring (bicyclic) bond motifs is 8. The van der Waals surface area contributed by atoms with Gasteiger partial charge in [-0.05, 0) is 126 Å². The second-order valence-corrected chi connectivity index (χ2v) is 15.0. The summed E-state index contributed by atoms with van der Waals surface area (Å²) in [5.41, 5.74) is 17.0. The van der Waals surface area contributed by atoms with Crippen molar-refractivity contribution in [3.05, 3.63) is 188 Å². The molecule has 0 spiro atoms. The fraction of sp³-hybridized carbons (Fsp3) is 0.0377. The first-order valence-corrected chi connectivity index (χ1v) is 19.3. The molecule has 12 rings (SSSR count). The smallest absolute Gasteiger partial charge is 0.0544 e. The Hall–Kier alpha value is -7.03. The van der Waals surface area contributed by atoms with E-state index in [9.17, 15) is 0 Å². The van der Waals surface area contributed by atoms with Crippen molar-refractivity contribution in [2.24, 2.45) is 0 Å². The minimum atomic E-state index is 0.954. The van der Waals surface area contributed by atoms with Gasteiger partial charge in [0.05, 0.1) is 11.0 Å². The monoisotopic (exact) mass is 698 g/mol. The zero-order valence-electron chi connectivity index (χ0n) is 30.1. The van der Waals surface area contributed by atoms with Gasteiger partial charge in [0.15, 0.2) is 0 Å². The van der Waals surface area contributed by atoms with Crippen molar-refractivity contribution >= 4 is 65.4 Å². The van der Waals surface area contributed by atoms with Crippen molar-refractivity contribution in [1.29, 1.82) is 0 Å². The molecule has 0 bridgehead atoms. The highest BCUT2D eigenvalue weighted by Gasteiger charge is 2.31. The van der Waals surface area contributed by atoms with Gasteiger partial charge in [-0.2, -0.15) is 0 Å². The number of nitrogens with zero attached hydrogens (tertiary/aromatic N) is 2. The van der Waals surface area contributed by atoms with Crippen LogP contribution in [-0.4, -0.2) is 9.55 Å². The molecule has 0 saturated heterocycles. The van der Waals surface area contributed by atoms with E-state index in [1.54, 1.807) is 0 Å². The molecule has 0 saturated carbocycles. The van der Waals surface area contributed by atoms with Crippen LogP contribution in [0.15, 0.2) is 182 Å². The molecule has 0 fully saturated rings. The summed E-state index contributed by atoms with van der Waals surface area (Å²) in [4.78, 5) is 4.44. The average Bonchev–Trinajstić information content (AvgIpc) is 3.76. The summed E-state index contributed by atoms with van der Waals surface area (Å²) in [7, 11) is 0. The van der Waals surface area contributed by atoms with Gasteiger partial charge in [-0.1, -0.05) is 140 Å². The van der Waals surface area contributed by atoms with Crippen LogP contribution in [0.5, 0.6) is 0 Å². The first kappa shape index (κ1) is 30.4. The van der Waals surface area contributed by atoms with Crippen molar-refractivity contribution in [3.63, 3.8) is 0 Å². The first-order valence-electron chi connectivity index (χ1n) is 19.3. The topological polar surface area (TPSA) is 17.8 Å². The maximum absolute atomic E-state index is 4.44. The van der Waals surface area contributed by atoms with E-state index in [0.29, 0.717) is 0 Å². The van der Waals surface area contributed by atoms with Gasteiger partial charge >= 0.3 is 0 Å². The molecule has 10 aromatic rings. The Labute approximate surface area is 319 Å². The second kappa shape index (κ2) is 11.7. The molecule has 0 N–H and O–H groups in total. The highest BCUT2D eigenvalue weighted by Crippen LogP contribution is 2.58. The van der Waals surface area contributed by atoms with Crippen molar-refractivity contribution in [2.75, 3.05) is 0 Å². The molecule has 0 amide bonds. The number of para-hydroxylation sites is 1. The third kappa shape index (κ3) is 4.40. The molecule has 8 aromatic carbocycles. The fourth-order valence-corrected chi connectivity index (χ4v) is 9.79. The minimum absolute atomic E-state index is 0.954. The average molecular weight is 699 g/mol. The summed E-state index contributed by atoms with van der Waals surface area (Å²) in [6, 6.07) is 58.3. The van der Waals surface area contributed by atoms with Crippen molar-refractivity contribution in [3.8, 4) is 44.5 Å². The predicted molar refractivity (Wildman–Crippen MR) is 233 cm³/mol. The third-order valence-electron chi connectivity index (χ3n) is 12.1. The molecule has 256 valence electrons. The van der Waals surface area contributed by atoms with Crippen LogP contribution < -0.4 is 0 Å². The second-order valence-electron chi connectivity index (χ2n) is 15.0. The summed E-state index contributed by atoms with van der Waals surface area (Å²) < 4.78 is 2.48. The molecule has 2 aromatic heterocycles. The molecule has 2 aliphatic carbocycles. The van der Waals surface area contributed by atoms with Gasteiger partial charge in [0.2, 0.25) is 0 Å². The molecular weight excluding hydrogens is 665 g/mol. The Kier molecular flexibility index (Phi) is 6.49. The Bertz CT molecular complexity index is 3200. The van der Waals surface area contributed by atoms with Gasteiger partial charge in [0.25, 0.3) is 0 Å². The molecule has 0 atom stereocenters. The summed E-state index contributed by atoms with van der Waals surface area (Å²) in [6.07, 6.45) is 10.5. The molecule has 2 heteroatoms. The van der Waals surface area contributed by atoms with Gasteiger partial charge in [0.1, 0.15) is 0 Å².